The zero-order chi connectivity index (χ0) is 14.5. The Bertz CT molecular complexity index is 425. The fourth-order valence-corrected chi connectivity index (χ4v) is 2.70. The minimum atomic E-state index is 0.156. The average molecular weight is 262 g/mol. The third kappa shape index (κ3) is 3.66. The van der Waals surface area contributed by atoms with Crippen LogP contribution in [0.2, 0.25) is 0 Å². The SMILES string of the molecule is CCc1cc(C(C)=O)ccc1C[N+](CC)(CC)CC. The molecule has 0 bridgehead atoms. The minimum absolute atomic E-state index is 0.156. The van der Waals surface area contributed by atoms with E-state index in [1.807, 2.05) is 6.07 Å². The highest BCUT2D eigenvalue weighted by molar-refractivity contribution is 5.94. The number of Topliss-reactive ketones (excluding diaryl/α,β-unsaturated/α-hetero) is 1. The molecule has 0 aliphatic rings. The van der Waals surface area contributed by atoms with Crippen LogP contribution in [0.5, 0.6) is 0 Å². The third-order valence-electron chi connectivity index (χ3n) is 4.51. The van der Waals surface area contributed by atoms with Crippen LogP contribution >= 0.6 is 0 Å². The first kappa shape index (κ1) is 15.9. The van der Waals surface area contributed by atoms with E-state index in [0.717, 1.165) is 42.6 Å². The van der Waals surface area contributed by atoms with Gasteiger partial charge >= 0.3 is 0 Å². The maximum absolute atomic E-state index is 11.5. The van der Waals surface area contributed by atoms with E-state index >= 15 is 0 Å². The van der Waals surface area contributed by atoms with Crippen LogP contribution in [0, 0.1) is 0 Å². The number of hydrogen-bond acceptors (Lipinski definition) is 1. The number of aryl methyl sites for hydroxylation is 1. The van der Waals surface area contributed by atoms with Crippen molar-refractivity contribution in [2.24, 2.45) is 0 Å². The summed E-state index contributed by atoms with van der Waals surface area (Å²) in [5, 5.41) is 0. The van der Waals surface area contributed by atoms with E-state index in [0.29, 0.717) is 0 Å². The van der Waals surface area contributed by atoms with Gasteiger partial charge in [-0.05, 0) is 45.7 Å². The van der Waals surface area contributed by atoms with E-state index in [1.54, 1.807) is 6.92 Å². The van der Waals surface area contributed by atoms with E-state index in [-0.39, 0.29) is 5.78 Å². The Kier molecular flexibility index (Phi) is 5.74. The standard InChI is InChI=1S/C17H28NO/c1-6-15-12-16(14(5)19)10-11-17(15)13-18(7-2,8-3)9-4/h10-12H,6-9,13H2,1-5H3/q+1. The average Bonchev–Trinajstić information content (AvgIpc) is 2.44. The first-order valence-corrected chi connectivity index (χ1v) is 7.49. The van der Waals surface area contributed by atoms with Gasteiger partial charge in [-0.2, -0.15) is 0 Å². The van der Waals surface area contributed by atoms with Crippen molar-refractivity contribution < 1.29 is 9.28 Å². The predicted octanol–water partition coefficient (Wildman–Crippen LogP) is 3.83. The molecule has 1 rings (SSSR count). The number of ketones is 1. The van der Waals surface area contributed by atoms with Gasteiger partial charge in [0.2, 0.25) is 0 Å². The Morgan fingerprint density at radius 2 is 1.58 bits per heavy atom. The second-order valence-electron chi connectivity index (χ2n) is 5.34. The van der Waals surface area contributed by atoms with E-state index < -0.39 is 0 Å². The molecule has 1 aromatic rings. The Balaban J connectivity index is 3.10. The molecule has 0 radical (unpaired) electrons. The maximum Gasteiger partial charge on any atom is 0.159 e. The van der Waals surface area contributed by atoms with Crippen molar-refractivity contribution in [1.82, 2.24) is 0 Å². The van der Waals surface area contributed by atoms with Crippen molar-refractivity contribution in [3.63, 3.8) is 0 Å². The van der Waals surface area contributed by atoms with Crippen molar-refractivity contribution in [2.45, 2.75) is 47.6 Å². The summed E-state index contributed by atoms with van der Waals surface area (Å²) in [4.78, 5) is 11.5. The van der Waals surface area contributed by atoms with Crippen molar-refractivity contribution >= 4 is 5.78 Å². The van der Waals surface area contributed by atoms with Crippen molar-refractivity contribution in [3.8, 4) is 0 Å². The Hall–Kier alpha value is -1.15. The van der Waals surface area contributed by atoms with Gasteiger partial charge in [0.1, 0.15) is 6.54 Å². The number of benzene rings is 1. The molecule has 2 heteroatoms. The highest BCUT2D eigenvalue weighted by Gasteiger charge is 2.22. The molecule has 2 nitrogen and oxygen atoms in total. The number of nitrogens with zero attached hydrogens (tertiary/aromatic N) is 1. The van der Waals surface area contributed by atoms with E-state index in [1.165, 1.54) is 11.1 Å². The van der Waals surface area contributed by atoms with E-state index in [4.69, 9.17) is 0 Å². The van der Waals surface area contributed by atoms with Crippen LogP contribution in [0.4, 0.5) is 0 Å². The highest BCUT2D eigenvalue weighted by Crippen LogP contribution is 2.20. The quantitative estimate of drug-likeness (QED) is 0.539. The number of carbonyl (C=O) groups is 1. The molecule has 0 fully saturated rings. The molecule has 19 heavy (non-hydrogen) atoms. The highest BCUT2D eigenvalue weighted by atomic mass is 16.1. The molecule has 0 amide bonds. The first-order chi connectivity index (χ1) is 9.01. The van der Waals surface area contributed by atoms with Crippen molar-refractivity contribution in [1.29, 1.82) is 0 Å². The number of quaternary nitrogens is 1. The summed E-state index contributed by atoms with van der Waals surface area (Å²) >= 11 is 0. The van der Waals surface area contributed by atoms with Crippen LogP contribution in [-0.4, -0.2) is 29.9 Å². The van der Waals surface area contributed by atoms with Gasteiger partial charge in [-0.1, -0.05) is 19.1 Å². The molecule has 0 N–H and O–H groups in total. The normalized spacial score (nSPS) is 11.6. The largest absolute Gasteiger partial charge is 0.321 e. The van der Waals surface area contributed by atoms with Crippen LogP contribution in [0.15, 0.2) is 18.2 Å². The summed E-state index contributed by atoms with van der Waals surface area (Å²) in [7, 11) is 0. The number of hydrogen-bond donors (Lipinski definition) is 0. The lowest BCUT2D eigenvalue weighted by molar-refractivity contribution is -0.936. The molecular weight excluding hydrogens is 234 g/mol. The lowest BCUT2D eigenvalue weighted by Gasteiger charge is -2.36. The predicted molar refractivity (Wildman–Crippen MR) is 81.4 cm³/mol. The molecule has 0 aliphatic heterocycles. The van der Waals surface area contributed by atoms with Gasteiger partial charge in [-0.3, -0.25) is 4.79 Å². The van der Waals surface area contributed by atoms with E-state index in [9.17, 15) is 4.79 Å². The molecule has 0 atom stereocenters. The minimum Gasteiger partial charge on any atom is -0.321 e. The summed E-state index contributed by atoms with van der Waals surface area (Å²) in [6.45, 7) is 15.2. The Labute approximate surface area is 118 Å². The molecule has 0 saturated carbocycles. The molecule has 0 unspecified atom stereocenters. The number of carbonyl (C=O) groups excluding carboxylic acids is 1. The lowest BCUT2D eigenvalue weighted by Crippen LogP contribution is -2.46. The van der Waals surface area contributed by atoms with E-state index in [2.05, 4.69) is 39.8 Å². The fraction of sp³-hybridized carbons (Fsp3) is 0.588. The van der Waals surface area contributed by atoms with Crippen LogP contribution < -0.4 is 0 Å². The van der Waals surface area contributed by atoms with Crippen LogP contribution in [0.3, 0.4) is 0 Å². The van der Waals surface area contributed by atoms with Gasteiger partial charge in [0.25, 0.3) is 0 Å². The first-order valence-electron chi connectivity index (χ1n) is 7.49. The molecular formula is C17H28NO+. The molecule has 0 saturated heterocycles. The zero-order valence-corrected chi connectivity index (χ0v) is 13.1. The third-order valence-corrected chi connectivity index (χ3v) is 4.51. The summed E-state index contributed by atoms with van der Waals surface area (Å²) in [5.41, 5.74) is 3.56. The summed E-state index contributed by atoms with van der Waals surface area (Å²) in [5.74, 6) is 0.156. The molecule has 1 aromatic carbocycles. The zero-order valence-electron chi connectivity index (χ0n) is 13.1. The fourth-order valence-electron chi connectivity index (χ4n) is 2.70. The molecule has 106 valence electrons. The number of rotatable bonds is 7. The van der Waals surface area contributed by atoms with Crippen LogP contribution in [0.1, 0.15) is 56.1 Å². The molecule has 0 aromatic heterocycles. The van der Waals surface area contributed by atoms with Crippen LogP contribution in [0.25, 0.3) is 0 Å². The summed E-state index contributed by atoms with van der Waals surface area (Å²) in [6.07, 6.45) is 0.994. The Morgan fingerprint density at radius 3 is 2.00 bits per heavy atom. The van der Waals surface area contributed by atoms with Gasteiger partial charge < -0.3 is 4.48 Å². The van der Waals surface area contributed by atoms with Gasteiger partial charge in [-0.25, -0.2) is 0 Å². The van der Waals surface area contributed by atoms with Gasteiger partial charge in [0.05, 0.1) is 19.6 Å². The second kappa shape index (κ2) is 6.85. The second-order valence-corrected chi connectivity index (χ2v) is 5.34. The van der Waals surface area contributed by atoms with Gasteiger partial charge in [0, 0.05) is 11.1 Å². The van der Waals surface area contributed by atoms with Gasteiger partial charge in [-0.15, -0.1) is 0 Å². The molecule has 0 aliphatic carbocycles. The van der Waals surface area contributed by atoms with Crippen LogP contribution in [-0.2, 0) is 13.0 Å². The topological polar surface area (TPSA) is 17.1 Å². The Morgan fingerprint density at radius 1 is 1.00 bits per heavy atom. The summed E-state index contributed by atoms with van der Waals surface area (Å²) < 4.78 is 1.12. The monoisotopic (exact) mass is 262 g/mol. The van der Waals surface area contributed by atoms with Gasteiger partial charge in [0.15, 0.2) is 5.78 Å². The summed E-state index contributed by atoms with van der Waals surface area (Å²) in [6, 6.07) is 6.21. The lowest BCUT2D eigenvalue weighted by atomic mass is 9.99. The smallest absolute Gasteiger partial charge is 0.159 e. The van der Waals surface area contributed by atoms with Crippen molar-refractivity contribution in [2.75, 3.05) is 19.6 Å². The van der Waals surface area contributed by atoms with Crippen molar-refractivity contribution in [3.05, 3.63) is 34.9 Å². The molecule has 0 heterocycles. The maximum atomic E-state index is 11.5. The molecule has 0 spiro atoms.